The van der Waals surface area contributed by atoms with Crippen LogP contribution in [0.1, 0.15) is 55.2 Å². The summed E-state index contributed by atoms with van der Waals surface area (Å²) >= 11 is 12.9. The van der Waals surface area contributed by atoms with Gasteiger partial charge in [-0.1, -0.05) is 35.9 Å². The molecule has 5 rings (SSSR count). The number of thiocarbonyl (C=S) groups is 1. The summed E-state index contributed by atoms with van der Waals surface area (Å²) < 4.78 is 0. The number of rotatable bonds is 3. The summed E-state index contributed by atoms with van der Waals surface area (Å²) in [7, 11) is 2.12. The van der Waals surface area contributed by atoms with Crippen LogP contribution in [-0.2, 0) is 0 Å². The molecule has 0 aliphatic carbocycles. The molecule has 6 heteroatoms. The van der Waals surface area contributed by atoms with E-state index in [-0.39, 0.29) is 17.6 Å². The average Bonchev–Trinajstić information content (AvgIpc) is 3.14. The third kappa shape index (κ3) is 3.77. The number of fused-ring (bicyclic) bond motifs is 1. The SMILES string of the molecule is CC1=CC(C)(C)N(C)c2cc(Cl)c([C@H]3[C@@H](c4ccccn4)NC(=S)N3c3cccc(C)c3)cc21. The summed E-state index contributed by atoms with van der Waals surface area (Å²) in [6.07, 6.45) is 4.14. The van der Waals surface area contributed by atoms with Gasteiger partial charge in [0, 0.05) is 35.2 Å². The number of hydrogen-bond acceptors (Lipinski definition) is 3. The van der Waals surface area contributed by atoms with Gasteiger partial charge in [0.15, 0.2) is 5.11 Å². The van der Waals surface area contributed by atoms with E-state index in [1.807, 2.05) is 24.4 Å². The van der Waals surface area contributed by atoms with E-state index in [1.165, 1.54) is 16.7 Å². The molecule has 4 nitrogen and oxygen atoms in total. The first-order valence-electron chi connectivity index (χ1n) is 11.5. The number of benzene rings is 2. The van der Waals surface area contributed by atoms with Gasteiger partial charge in [-0.15, -0.1) is 0 Å². The standard InChI is InChI=1S/C28H29ClN4S/c1-17-9-8-10-19(13-17)33-26(25(31-27(33)34)23-11-6-7-12-30-23)21-14-20-18(2)16-28(3,4)32(5)24(20)15-22(21)29/h6-16,25-26H,1-5H3,(H,31,34)/t25-,26+/m1/s1. The van der Waals surface area contributed by atoms with Crippen molar-refractivity contribution >= 4 is 45.9 Å². The Labute approximate surface area is 212 Å². The van der Waals surface area contributed by atoms with Crippen molar-refractivity contribution in [1.29, 1.82) is 0 Å². The maximum atomic E-state index is 7.07. The molecule has 0 spiro atoms. The minimum atomic E-state index is -0.143. The molecule has 2 aliphatic heterocycles. The molecule has 0 saturated carbocycles. The number of nitrogens with zero attached hydrogens (tertiary/aromatic N) is 3. The number of allylic oxidation sites excluding steroid dienone is 1. The van der Waals surface area contributed by atoms with Gasteiger partial charge in [0.1, 0.15) is 0 Å². The van der Waals surface area contributed by atoms with Gasteiger partial charge >= 0.3 is 0 Å². The number of pyridine rings is 1. The number of anilines is 2. The predicted molar refractivity (Wildman–Crippen MR) is 147 cm³/mol. The molecule has 0 amide bonds. The van der Waals surface area contributed by atoms with Gasteiger partial charge < -0.3 is 15.1 Å². The number of likely N-dealkylation sites (N-methyl/N-ethyl adjacent to an activating group) is 1. The molecule has 1 saturated heterocycles. The van der Waals surface area contributed by atoms with Gasteiger partial charge in [-0.3, -0.25) is 4.98 Å². The molecule has 0 unspecified atom stereocenters. The highest BCUT2D eigenvalue weighted by Gasteiger charge is 2.42. The zero-order valence-electron chi connectivity index (χ0n) is 20.1. The molecular formula is C28H29ClN4S. The Kier molecular flexibility index (Phi) is 5.65. The van der Waals surface area contributed by atoms with Crippen LogP contribution < -0.4 is 15.1 Å². The summed E-state index contributed by atoms with van der Waals surface area (Å²) in [5, 5.41) is 4.94. The lowest BCUT2D eigenvalue weighted by Crippen LogP contribution is -2.42. The van der Waals surface area contributed by atoms with Crippen molar-refractivity contribution in [3.63, 3.8) is 0 Å². The van der Waals surface area contributed by atoms with Crippen LogP contribution in [0.3, 0.4) is 0 Å². The lowest BCUT2D eigenvalue weighted by Gasteiger charge is -2.41. The molecule has 3 heterocycles. The Bertz CT molecular complexity index is 1300. The molecule has 1 fully saturated rings. The van der Waals surface area contributed by atoms with Crippen LogP contribution in [0.5, 0.6) is 0 Å². The molecule has 1 N–H and O–H groups in total. The van der Waals surface area contributed by atoms with Gasteiger partial charge in [0.2, 0.25) is 0 Å². The number of hydrogen-bond donors (Lipinski definition) is 1. The first-order valence-corrected chi connectivity index (χ1v) is 12.3. The summed E-state index contributed by atoms with van der Waals surface area (Å²) in [5.74, 6) is 0. The Morgan fingerprint density at radius 1 is 1.06 bits per heavy atom. The second kappa shape index (κ2) is 8.40. The monoisotopic (exact) mass is 488 g/mol. The quantitative estimate of drug-likeness (QED) is 0.407. The van der Waals surface area contributed by atoms with Crippen LogP contribution in [0.15, 0.2) is 66.9 Å². The molecule has 0 radical (unpaired) electrons. The number of aryl methyl sites for hydroxylation is 1. The second-order valence-electron chi connectivity index (χ2n) is 9.77. The molecule has 34 heavy (non-hydrogen) atoms. The van der Waals surface area contributed by atoms with Crippen molar-refractivity contribution in [3.8, 4) is 0 Å². The minimum Gasteiger partial charge on any atom is -0.365 e. The summed E-state index contributed by atoms with van der Waals surface area (Å²) in [6, 6.07) is 18.5. The van der Waals surface area contributed by atoms with Crippen LogP contribution in [0.4, 0.5) is 11.4 Å². The first kappa shape index (κ1) is 22.9. The maximum absolute atomic E-state index is 7.07. The average molecular weight is 489 g/mol. The molecule has 2 aromatic carbocycles. The normalized spacial score (nSPS) is 21.2. The molecule has 3 aromatic rings. The largest absolute Gasteiger partial charge is 0.365 e. The fourth-order valence-corrected chi connectivity index (χ4v) is 5.76. The summed E-state index contributed by atoms with van der Waals surface area (Å²) in [6.45, 7) is 8.71. The maximum Gasteiger partial charge on any atom is 0.174 e. The van der Waals surface area contributed by atoms with Gasteiger partial charge in [-0.25, -0.2) is 0 Å². The topological polar surface area (TPSA) is 31.4 Å². The van der Waals surface area contributed by atoms with Gasteiger partial charge in [-0.05, 0) is 93.0 Å². The van der Waals surface area contributed by atoms with Crippen molar-refractivity contribution in [2.45, 2.75) is 45.3 Å². The Balaban J connectivity index is 1.71. The third-order valence-corrected chi connectivity index (χ3v) is 7.67. The highest BCUT2D eigenvalue weighted by molar-refractivity contribution is 7.80. The molecule has 2 atom stereocenters. The van der Waals surface area contributed by atoms with E-state index < -0.39 is 0 Å². The van der Waals surface area contributed by atoms with E-state index in [2.05, 4.69) is 97.3 Å². The van der Waals surface area contributed by atoms with Gasteiger partial charge in [-0.2, -0.15) is 0 Å². The highest BCUT2D eigenvalue weighted by Crippen LogP contribution is 2.47. The zero-order chi connectivity index (χ0) is 24.2. The summed E-state index contributed by atoms with van der Waals surface area (Å²) in [5.41, 5.74) is 7.70. The van der Waals surface area contributed by atoms with Gasteiger partial charge in [0.05, 0.1) is 23.3 Å². The fourth-order valence-electron chi connectivity index (χ4n) is 5.14. The van der Waals surface area contributed by atoms with E-state index in [1.54, 1.807) is 0 Å². The van der Waals surface area contributed by atoms with Crippen LogP contribution in [0.25, 0.3) is 5.57 Å². The van der Waals surface area contributed by atoms with Gasteiger partial charge in [0.25, 0.3) is 0 Å². The molecular weight excluding hydrogens is 460 g/mol. The van der Waals surface area contributed by atoms with Crippen LogP contribution in [0.2, 0.25) is 5.02 Å². The van der Waals surface area contributed by atoms with Crippen LogP contribution in [0, 0.1) is 6.92 Å². The molecule has 0 bridgehead atoms. The van der Waals surface area contributed by atoms with Crippen molar-refractivity contribution < 1.29 is 0 Å². The zero-order valence-corrected chi connectivity index (χ0v) is 21.7. The highest BCUT2D eigenvalue weighted by atomic mass is 35.5. The summed E-state index contributed by atoms with van der Waals surface area (Å²) in [4.78, 5) is 9.14. The van der Waals surface area contributed by atoms with Crippen LogP contribution >= 0.6 is 23.8 Å². The van der Waals surface area contributed by atoms with E-state index in [4.69, 9.17) is 23.8 Å². The van der Waals surface area contributed by atoms with Crippen molar-refractivity contribution in [2.75, 3.05) is 16.8 Å². The molecule has 1 aromatic heterocycles. The number of halogens is 1. The van der Waals surface area contributed by atoms with E-state index in [9.17, 15) is 0 Å². The van der Waals surface area contributed by atoms with Crippen LogP contribution in [-0.4, -0.2) is 22.7 Å². The number of aromatic nitrogens is 1. The van der Waals surface area contributed by atoms with E-state index in [0.717, 1.165) is 27.7 Å². The van der Waals surface area contributed by atoms with E-state index in [0.29, 0.717) is 5.11 Å². The molecule has 174 valence electrons. The van der Waals surface area contributed by atoms with Crippen molar-refractivity contribution in [1.82, 2.24) is 10.3 Å². The Morgan fingerprint density at radius 2 is 1.85 bits per heavy atom. The Morgan fingerprint density at radius 3 is 2.56 bits per heavy atom. The Hall–Kier alpha value is -2.89. The fraction of sp³-hybridized carbons (Fsp3) is 0.286. The number of nitrogens with one attached hydrogen (secondary N) is 1. The third-order valence-electron chi connectivity index (χ3n) is 7.03. The predicted octanol–water partition coefficient (Wildman–Crippen LogP) is 6.85. The lowest BCUT2D eigenvalue weighted by atomic mass is 9.86. The van der Waals surface area contributed by atoms with Crippen molar-refractivity contribution in [2.24, 2.45) is 0 Å². The minimum absolute atomic E-state index is 0.0808. The van der Waals surface area contributed by atoms with Crippen molar-refractivity contribution in [3.05, 3.63) is 94.3 Å². The molecule has 2 aliphatic rings. The van der Waals surface area contributed by atoms with E-state index >= 15 is 0 Å². The smallest absolute Gasteiger partial charge is 0.174 e. The first-order chi connectivity index (χ1) is 16.2. The second-order valence-corrected chi connectivity index (χ2v) is 10.6. The lowest BCUT2D eigenvalue weighted by molar-refractivity contribution is 0.567.